The van der Waals surface area contributed by atoms with Gasteiger partial charge in [0.2, 0.25) is 0 Å². The Hall–Kier alpha value is -1.05. The standard InChI is InChI=1S/C7H8NO/c1-6-4-3-5-8(2)7(6)9/h3-4H,1-2H3. The molecule has 0 fully saturated rings. The molecule has 0 aliphatic rings. The highest BCUT2D eigenvalue weighted by atomic mass is 16.1. The predicted molar refractivity (Wildman–Crippen MR) is 35.3 cm³/mol. The second kappa shape index (κ2) is 2.05. The molecule has 0 aliphatic heterocycles. The molecule has 2 heteroatoms. The van der Waals surface area contributed by atoms with E-state index in [0.717, 1.165) is 5.56 Å². The summed E-state index contributed by atoms with van der Waals surface area (Å²) in [6.07, 6.45) is 2.74. The van der Waals surface area contributed by atoms with Gasteiger partial charge in [-0.05, 0) is 13.0 Å². The van der Waals surface area contributed by atoms with Crippen LogP contribution in [0.2, 0.25) is 0 Å². The van der Waals surface area contributed by atoms with Crippen molar-refractivity contribution in [3.05, 3.63) is 34.2 Å². The number of hydrogen-bond donors (Lipinski definition) is 0. The van der Waals surface area contributed by atoms with Crippen LogP contribution in [0.5, 0.6) is 0 Å². The van der Waals surface area contributed by atoms with E-state index < -0.39 is 0 Å². The van der Waals surface area contributed by atoms with Gasteiger partial charge in [-0.1, -0.05) is 6.07 Å². The van der Waals surface area contributed by atoms with E-state index in [-0.39, 0.29) is 5.56 Å². The summed E-state index contributed by atoms with van der Waals surface area (Å²) in [5.74, 6) is 0. The van der Waals surface area contributed by atoms with Crippen molar-refractivity contribution in [1.82, 2.24) is 4.57 Å². The Morgan fingerprint density at radius 2 is 2.33 bits per heavy atom. The molecule has 0 amide bonds. The van der Waals surface area contributed by atoms with Crippen molar-refractivity contribution in [1.29, 1.82) is 0 Å². The zero-order chi connectivity index (χ0) is 6.85. The van der Waals surface area contributed by atoms with E-state index in [1.807, 2.05) is 0 Å². The van der Waals surface area contributed by atoms with E-state index in [1.165, 1.54) is 4.57 Å². The third-order valence-corrected chi connectivity index (χ3v) is 1.24. The molecule has 47 valence electrons. The van der Waals surface area contributed by atoms with Crippen LogP contribution in [-0.2, 0) is 7.05 Å². The highest BCUT2D eigenvalue weighted by Gasteiger charge is 1.90. The first kappa shape index (κ1) is 6.08. The van der Waals surface area contributed by atoms with Crippen LogP contribution in [0.15, 0.2) is 16.9 Å². The zero-order valence-electron chi connectivity index (χ0n) is 5.51. The van der Waals surface area contributed by atoms with Gasteiger partial charge < -0.3 is 4.57 Å². The minimum absolute atomic E-state index is 0.0255. The summed E-state index contributed by atoms with van der Waals surface area (Å²) in [5, 5.41) is 0. The Kier molecular flexibility index (Phi) is 1.39. The van der Waals surface area contributed by atoms with Gasteiger partial charge in [-0.15, -0.1) is 0 Å². The SMILES string of the molecule is Cc1cc[c]n(C)c1=O. The lowest BCUT2D eigenvalue weighted by Crippen LogP contribution is -2.17. The molecule has 0 saturated carbocycles. The Morgan fingerprint density at radius 3 is 2.78 bits per heavy atom. The number of pyridine rings is 1. The lowest BCUT2D eigenvalue weighted by Gasteiger charge is -1.93. The summed E-state index contributed by atoms with van der Waals surface area (Å²) in [7, 11) is 1.69. The highest BCUT2D eigenvalue weighted by Crippen LogP contribution is 1.83. The number of nitrogens with zero attached hydrogens (tertiary/aromatic N) is 1. The maximum Gasteiger partial charge on any atom is 0.253 e. The molecule has 0 aromatic carbocycles. The van der Waals surface area contributed by atoms with Gasteiger partial charge in [-0.2, -0.15) is 0 Å². The van der Waals surface area contributed by atoms with Gasteiger partial charge in [0.15, 0.2) is 0 Å². The molecule has 0 aliphatic carbocycles. The minimum Gasteiger partial charge on any atom is -0.310 e. The number of aryl methyl sites for hydroxylation is 2. The van der Waals surface area contributed by atoms with Gasteiger partial charge in [0.1, 0.15) is 0 Å². The van der Waals surface area contributed by atoms with E-state index in [1.54, 1.807) is 26.1 Å². The Bertz CT molecular complexity index is 239. The van der Waals surface area contributed by atoms with Crippen LogP contribution in [0.4, 0.5) is 0 Å². The van der Waals surface area contributed by atoms with E-state index in [4.69, 9.17) is 0 Å². The highest BCUT2D eigenvalue weighted by molar-refractivity contribution is 5.06. The van der Waals surface area contributed by atoms with Crippen molar-refractivity contribution in [3.63, 3.8) is 0 Å². The quantitative estimate of drug-likeness (QED) is 0.491. The van der Waals surface area contributed by atoms with Gasteiger partial charge in [0, 0.05) is 12.6 Å². The van der Waals surface area contributed by atoms with Crippen molar-refractivity contribution >= 4 is 0 Å². The largest absolute Gasteiger partial charge is 0.310 e. The molecular weight excluding hydrogens is 114 g/mol. The fourth-order valence-electron chi connectivity index (χ4n) is 0.669. The normalized spacial score (nSPS) is 9.56. The summed E-state index contributed by atoms with van der Waals surface area (Å²) in [4.78, 5) is 10.9. The second-order valence-electron chi connectivity index (χ2n) is 2.01. The first-order valence-corrected chi connectivity index (χ1v) is 2.76. The summed E-state index contributed by atoms with van der Waals surface area (Å²) >= 11 is 0. The van der Waals surface area contributed by atoms with E-state index in [2.05, 4.69) is 6.20 Å². The average molecular weight is 122 g/mol. The fraction of sp³-hybridized carbons (Fsp3) is 0.286. The van der Waals surface area contributed by atoms with Gasteiger partial charge in [0.25, 0.3) is 5.56 Å². The van der Waals surface area contributed by atoms with Gasteiger partial charge in [0.05, 0.1) is 6.20 Å². The van der Waals surface area contributed by atoms with Crippen LogP contribution in [-0.4, -0.2) is 4.57 Å². The molecular formula is C7H8NO. The maximum atomic E-state index is 10.9. The average Bonchev–Trinajstić information content (AvgIpc) is 1.83. The molecule has 9 heavy (non-hydrogen) atoms. The van der Waals surface area contributed by atoms with Crippen molar-refractivity contribution in [2.24, 2.45) is 7.05 Å². The molecule has 0 N–H and O–H groups in total. The molecule has 1 radical (unpaired) electrons. The first-order chi connectivity index (χ1) is 4.22. The molecule has 0 atom stereocenters. The van der Waals surface area contributed by atoms with Crippen LogP contribution in [0.3, 0.4) is 0 Å². The molecule has 1 aromatic rings. The Labute approximate surface area is 53.8 Å². The molecule has 1 aromatic heterocycles. The van der Waals surface area contributed by atoms with E-state index >= 15 is 0 Å². The Morgan fingerprint density at radius 1 is 1.67 bits per heavy atom. The van der Waals surface area contributed by atoms with Crippen molar-refractivity contribution in [2.45, 2.75) is 6.92 Å². The lowest BCUT2D eigenvalue weighted by atomic mass is 10.3. The topological polar surface area (TPSA) is 22.0 Å². The first-order valence-electron chi connectivity index (χ1n) is 2.76. The minimum atomic E-state index is 0.0255. The molecule has 1 heterocycles. The fourth-order valence-corrected chi connectivity index (χ4v) is 0.669. The summed E-state index contributed by atoms with van der Waals surface area (Å²) in [5.41, 5.74) is 0.786. The van der Waals surface area contributed by atoms with Gasteiger partial charge in [-0.3, -0.25) is 4.79 Å². The van der Waals surface area contributed by atoms with Crippen LogP contribution in [0, 0.1) is 13.1 Å². The molecule has 2 nitrogen and oxygen atoms in total. The molecule has 0 spiro atoms. The van der Waals surface area contributed by atoms with E-state index in [9.17, 15) is 4.79 Å². The number of aromatic nitrogens is 1. The third kappa shape index (κ3) is 1.02. The maximum absolute atomic E-state index is 10.9. The van der Waals surface area contributed by atoms with Crippen molar-refractivity contribution < 1.29 is 0 Å². The second-order valence-corrected chi connectivity index (χ2v) is 2.01. The van der Waals surface area contributed by atoms with Gasteiger partial charge in [-0.25, -0.2) is 0 Å². The number of rotatable bonds is 0. The Balaban J connectivity index is 3.43. The van der Waals surface area contributed by atoms with Crippen molar-refractivity contribution in [3.8, 4) is 0 Å². The molecule has 0 unspecified atom stereocenters. The van der Waals surface area contributed by atoms with Crippen LogP contribution in [0.1, 0.15) is 5.56 Å². The van der Waals surface area contributed by atoms with Gasteiger partial charge >= 0.3 is 0 Å². The summed E-state index contributed by atoms with van der Waals surface area (Å²) in [6.45, 7) is 1.79. The smallest absolute Gasteiger partial charge is 0.253 e. The van der Waals surface area contributed by atoms with Crippen LogP contribution >= 0.6 is 0 Å². The predicted octanol–water partition coefficient (Wildman–Crippen LogP) is 0.494. The summed E-state index contributed by atoms with van der Waals surface area (Å²) in [6, 6.07) is 3.49. The molecule has 0 saturated heterocycles. The molecule has 0 bridgehead atoms. The molecule has 1 rings (SSSR count). The van der Waals surface area contributed by atoms with Crippen molar-refractivity contribution in [2.75, 3.05) is 0 Å². The zero-order valence-corrected chi connectivity index (χ0v) is 5.51. The van der Waals surface area contributed by atoms with Crippen LogP contribution < -0.4 is 5.56 Å². The summed E-state index contributed by atoms with van der Waals surface area (Å²) < 4.78 is 1.44. The monoisotopic (exact) mass is 122 g/mol. The third-order valence-electron chi connectivity index (χ3n) is 1.24. The van der Waals surface area contributed by atoms with Crippen LogP contribution in [0.25, 0.3) is 0 Å². The lowest BCUT2D eigenvalue weighted by molar-refractivity contribution is 0.840. The van der Waals surface area contributed by atoms with E-state index in [0.29, 0.717) is 0 Å². The number of hydrogen-bond acceptors (Lipinski definition) is 1.